The summed E-state index contributed by atoms with van der Waals surface area (Å²) in [5.41, 5.74) is 1.70. The Bertz CT molecular complexity index is 824. The van der Waals surface area contributed by atoms with Crippen LogP contribution in [0.4, 0.5) is 0 Å². The second-order valence-corrected chi connectivity index (χ2v) is 5.69. The van der Waals surface area contributed by atoms with Crippen molar-refractivity contribution in [3.63, 3.8) is 0 Å². The van der Waals surface area contributed by atoms with Crippen molar-refractivity contribution in [3.8, 4) is 6.07 Å². The van der Waals surface area contributed by atoms with Crippen LogP contribution < -0.4 is 5.32 Å². The largest absolute Gasteiger partial charge is 0.469 e. The van der Waals surface area contributed by atoms with Gasteiger partial charge < -0.3 is 14.8 Å². The van der Waals surface area contributed by atoms with E-state index in [-0.39, 0.29) is 17.9 Å². The first kappa shape index (κ1) is 16.7. The highest BCUT2D eigenvalue weighted by Gasteiger charge is 2.33. The molecule has 1 aliphatic heterocycles. The van der Waals surface area contributed by atoms with E-state index >= 15 is 0 Å². The molecule has 2 aromatic rings. The van der Waals surface area contributed by atoms with Gasteiger partial charge in [0.2, 0.25) is 0 Å². The van der Waals surface area contributed by atoms with E-state index in [4.69, 9.17) is 14.7 Å². The number of ketones is 1. The maximum Gasteiger partial charge on any atom is 0.192 e. The molecule has 25 heavy (non-hydrogen) atoms. The summed E-state index contributed by atoms with van der Waals surface area (Å²) in [5, 5.41) is 12.3. The topological polar surface area (TPSA) is 71.3 Å². The number of nitrogens with zero attached hydrogens (tertiary/aromatic N) is 1. The molecule has 5 heteroatoms. The quantitative estimate of drug-likeness (QED) is 0.672. The number of carbonyl (C=O) groups is 1. The van der Waals surface area contributed by atoms with Crippen LogP contribution in [0.1, 0.15) is 27.6 Å². The maximum absolute atomic E-state index is 12.5. The first-order valence-corrected chi connectivity index (χ1v) is 7.95. The highest BCUT2D eigenvalue weighted by atomic mass is 16.5. The van der Waals surface area contributed by atoms with Crippen LogP contribution in [0.2, 0.25) is 0 Å². The standard InChI is InChI=1S/C20H18N2O3/c1-24-13-17-20(14-7-3-2-4-8-14)25-19(22-17)11-18(23)16-10-6-5-9-15(16)12-21/h2-11,17,20,22H,13H2,1H3/b19-11-/t17-,20-/m0/s1. The second kappa shape index (κ2) is 7.65. The van der Waals surface area contributed by atoms with Crippen LogP contribution in [-0.2, 0) is 9.47 Å². The van der Waals surface area contributed by atoms with Crippen molar-refractivity contribution in [1.29, 1.82) is 5.26 Å². The third-order valence-corrected chi connectivity index (χ3v) is 4.00. The van der Waals surface area contributed by atoms with E-state index in [0.29, 0.717) is 23.6 Å². The first-order chi connectivity index (χ1) is 12.2. The minimum absolute atomic E-state index is 0.0994. The van der Waals surface area contributed by atoms with Gasteiger partial charge in [-0.1, -0.05) is 42.5 Å². The fraction of sp³-hybridized carbons (Fsp3) is 0.200. The molecule has 1 saturated heterocycles. The molecule has 1 heterocycles. The Morgan fingerprint density at radius 3 is 2.68 bits per heavy atom. The van der Waals surface area contributed by atoms with E-state index in [1.165, 1.54) is 6.08 Å². The highest BCUT2D eigenvalue weighted by Crippen LogP contribution is 2.30. The summed E-state index contributed by atoms with van der Waals surface area (Å²) in [4.78, 5) is 12.5. The van der Waals surface area contributed by atoms with E-state index in [2.05, 4.69) is 5.32 Å². The fourth-order valence-corrected chi connectivity index (χ4v) is 2.83. The lowest BCUT2D eigenvalue weighted by Gasteiger charge is -2.16. The molecule has 0 saturated carbocycles. The Morgan fingerprint density at radius 2 is 1.96 bits per heavy atom. The molecule has 0 amide bonds. The van der Waals surface area contributed by atoms with E-state index < -0.39 is 0 Å². The number of hydrogen-bond acceptors (Lipinski definition) is 5. The summed E-state index contributed by atoms with van der Waals surface area (Å²) in [7, 11) is 1.62. The zero-order chi connectivity index (χ0) is 17.6. The number of hydrogen-bond donors (Lipinski definition) is 1. The highest BCUT2D eigenvalue weighted by molar-refractivity contribution is 6.06. The molecule has 1 fully saturated rings. The average Bonchev–Trinajstić information content (AvgIpc) is 3.05. The maximum atomic E-state index is 12.5. The normalized spacial score (nSPS) is 20.6. The van der Waals surface area contributed by atoms with Crippen LogP contribution >= 0.6 is 0 Å². The lowest BCUT2D eigenvalue weighted by Crippen LogP contribution is -2.30. The zero-order valence-corrected chi connectivity index (χ0v) is 13.8. The van der Waals surface area contributed by atoms with Crippen molar-refractivity contribution < 1.29 is 14.3 Å². The minimum atomic E-state index is -0.274. The molecular weight excluding hydrogens is 316 g/mol. The summed E-state index contributed by atoms with van der Waals surface area (Å²) in [6.07, 6.45) is 1.15. The van der Waals surface area contributed by atoms with Crippen LogP contribution in [-0.4, -0.2) is 25.5 Å². The number of methoxy groups -OCH3 is 1. The van der Waals surface area contributed by atoms with Crippen molar-refractivity contribution in [2.24, 2.45) is 0 Å². The summed E-state index contributed by atoms with van der Waals surface area (Å²) in [5.74, 6) is 0.109. The number of ether oxygens (including phenoxy) is 2. The van der Waals surface area contributed by atoms with Gasteiger partial charge in [0.1, 0.15) is 6.10 Å². The predicted octanol–water partition coefficient (Wildman–Crippen LogP) is 2.96. The predicted molar refractivity (Wildman–Crippen MR) is 92.6 cm³/mol. The Balaban J connectivity index is 1.84. The monoisotopic (exact) mass is 334 g/mol. The lowest BCUT2D eigenvalue weighted by molar-refractivity contribution is 0.100. The van der Waals surface area contributed by atoms with Crippen LogP contribution in [0.5, 0.6) is 0 Å². The molecule has 0 radical (unpaired) electrons. The molecule has 0 bridgehead atoms. The van der Waals surface area contributed by atoms with Gasteiger partial charge in [-0.25, -0.2) is 0 Å². The summed E-state index contributed by atoms with van der Waals surface area (Å²) in [6.45, 7) is 0.444. The van der Waals surface area contributed by atoms with E-state index in [1.807, 2.05) is 36.4 Å². The third kappa shape index (κ3) is 3.70. The van der Waals surface area contributed by atoms with Gasteiger partial charge in [-0.05, 0) is 17.7 Å². The van der Waals surface area contributed by atoms with Crippen LogP contribution in [0.15, 0.2) is 66.6 Å². The number of benzene rings is 2. The molecule has 126 valence electrons. The SMILES string of the molecule is COC[C@@H]1N/C(=C/C(=O)c2ccccc2C#N)O[C@H]1c1ccccc1. The van der Waals surface area contributed by atoms with E-state index in [0.717, 1.165) is 5.56 Å². The number of rotatable bonds is 5. The second-order valence-electron chi connectivity index (χ2n) is 5.69. The van der Waals surface area contributed by atoms with Crippen molar-refractivity contribution in [1.82, 2.24) is 5.32 Å². The molecule has 2 aromatic carbocycles. The minimum Gasteiger partial charge on any atom is -0.469 e. The molecule has 1 aliphatic rings. The first-order valence-electron chi connectivity index (χ1n) is 7.95. The summed E-state index contributed by atoms with van der Waals surface area (Å²) >= 11 is 0. The van der Waals surface area contributed by atoms with E-state index in [1.54, 1.807) is 31.4 Å². The molecule has 5 nitrogen and oxygen atoms in total. The Morgan fingerprint density at radius 1 is 1.24 bits per heavy atom. The molecule has 1 N–H and O–H groups in total. The number of nitrogens with one attached hydrogen (secondary N) is 1. The number of allylic oxidation sites excluding steroid dienone is 1. The summed E-state index contributed by atoms with van der Waals surface area (Å²) in [6, 6.07) is 18.4. The summed E-state index contributed by atoms with van der Waals surface area (Å²) < 4.78 is 11.2. The Labute approximate surface area is 146 Å². The van der Waals surface area contributed by atoms with Crippen molar-refractivity contribution in [2.75, 3.05) is 13.7 Å². The van der Waals surface area contributed by atoms with Gasteiger partial charge in [0.05, 0.1) is 24.3 Å². The van der Waals surface area contributed by atoms with Gasteiger partial charge in [0.25, 0.3) is 0 Å². The molecule has 0 aromatic heterocycles. The van der Waals surface area contributed by atoms with Crippen molar-refractivity contribution >= 4 is 5.78 Å². The lowest BCUT2D eigenvalue weighted by atomic mass is 10.0. The number of carbonyl (C=O) groups excluding carboxylic acids is 1. The zero-order valence-electron chi connectivity index (χ0n) is 13.8. The molecule has 3 rings (SSSR count). The van der Waals surface area contributed by atoms with Gasteiger partial charge in [-0.15, -0.1) is 0 Å². The Kier molecular flexibility index (Phi) is 5.12. The van der Waals surface area contributed by atoms with Crippen LogP contribution in [0.3, 0.4) is 0 Å². The van der Waals surface area contributed by atoms with Gasteiger partial charge in [-0.2, -0.15) is 5.26 Å². The third-order valence-electron chi connectivity index (χ3n) is 4.00. The van der Waals surface area contributed by atoms with Gasteiger partial charge in [-0.3, -0.25) is 4.79 Å². The molecule has 0 aliphatic carbocycles. The number of nitriles is 1. The molecule has 0 spiro atoms. The van der Waals surface area contributed by atoms with Crippen LogP contribution in [0.25, 0.3) is 0 Å². The van der Waals surface area contributed by atoms with Crippen LogP contribution in [0, 0.1) is 11.3 Å². The fourth-order valence-electron chi connectivity index (χ4n) is 2.83. The van der Waals surface area contributed by atoms with Gasteiger partial charge >= 0.3 is 0 Å². The van der Waals surface area contributed by atoms with Crippen molar-refractivity contribution in [2.45, 2.75) is 12.1 Å². The Hall–Kier alpha value is -3.10. The molecule has 0 unspecified atom stereocenters. The van der Waals surface area contributed by atoms with Crippen molar-refractivity contribution in [3.05, 3.63) is 83.2 Å². The van der Waals surface area contributed by atoms with E-state index in [9.17, 15) is 4.79 Å². The molecular formula is C20H18N2O3. The average molecular weight is 334 g/mol. The van der Waals surface area contributed by atoms with Gasteiger partial charge in [0, 0.05) is 18.7 Å². The molecule has 2 atom stereocenters. The van der Waals surface area contributed by atoms with Gasteiger partial charge in [0.15, 0.2) is 11.7 Å². The smallest absolute Gasteiger partial charge is 0.192 e.